The number of hydrogen-bond acceptors (Lipinski definition) is 4. The third-order valence-electron chi connectivity index (χ3n) is 4.80. The zero-order chi connectivity index (χ0) is 15.8. The second kappa shape index (κ2) is 5.85. The lowest BCUT2D eigenvalue weighted by molar-refractivity contribution is 0.0922. The van der Waals surface area contributed by atoms with Crippen LogP contribution in [0.25, 0.3) is 0 Å². The van der Waals surface area contributed by atoms with Crippen LogP contribution in [-0.2, 0) is 6.54 Å². The molecule has 6 heteroatoms. The first-order chi connectivity index (χ1) is 11.2. The van der Waals surface area contributed by atoms with Gasteiger partial charge in [-0.2, -0.15) is 0 Å². The summed E-state index contributed by atoms with van der Waals surface area (Å²) >= 11 is 0. The van der Waals surface area contributed by atoms with Crippen LogP contribution in [0.5, 0.6) is 0 Å². The summed E-state index contributed by atoms with van der Waals surface area (Å²) < 4.78 is 5.27. The highest BCUT2D eigenvalue weighted by molar-refractivity contribution is 5.92. The second-order valence-electron chi connectivity index (χ2n) is 6.84. The third kappa shape index (κ3) is 3.17. The Morgan fingerprint density at radius 2 is 2.35 bits per heavy atom. The van der Waals surface area contributed by atoms with Gasteiger partial charge < -0.3 is 14.8 Å². The topological polar surface area (TPSA) is 74.2 Å². The zero-order valence-electron chi connectivity index (χ0n) is 13.3. The molecule has 23 heavy (non-hydrogen) atoms. The number of carbonyl (C=O) groups excluding carboxylic acids is 1. The molecule has 6 nitrogen and oxygen atoms in total. The molecule has 0 spiro atoms. The van der Waals surface area contributed by atoms with Gasteiger partial charge in [0.25, 0.3) is 5.91 Å². The summed E-state index contributed by atoms with van der Waals surface area (Å²) in [6.07, 6.45) is 4.23. The molecule has 2 N–H and O–H groups in total. The molecule has 1 saturated heterocycles. The Morgan fingerprint density at radius 1 is 1.48 bits per heavy atom. The average Bonchev–Trinajstić information content (AvgIpc) is 2.94. The average molecular weight is 314 g/mol. The van der Waals surface area contributed by atoms with Crippen molar-refractivity contribution in [2.45, 2.75) is 38.3 Å². The van der Waals surface area contributed by atoms with E-state index < -0.39 is 0 Å². The van der Waals surface area contributed by atoms with Crippen molar-refractivity contribution in [3.8, 4) is 0 Å². The van der Waals surface area contributed by atoms with Crippen LogP contribution >= 0.6 is 0 Å². The molecular weight excluding hydrogens is 292 g/mol. The summed E-state index contributed by atoms with van der Waals surface area (Å²) in [4.78, 5) is 18.0. The number of aromatic amines is 1. The minimum absolute atomic E-state index is 0.126. The van der Waals surface area contributed by atoms with Gasteiger partial charge in [-0.15, -0.1) is 0 Å². The molecule has 2 aliphatic rings. The number of nitrogens with zero attached hydrogens (tertiary/aromatic N) is 2. The van der Waals surface area contributed by atoms with Gasteiger partial charge in [-0.05, 0) is 30.9 Å². The van der Waals surface area contributed by atoms with Crippen LogP contribution < -0.4 is 5.32 Å². The van der Waals surface area contributed by atoms with Crippen molar-refractivity contribution in [1.82, 2.24) is 20.4 Å². The fourth-order valence-corrected chi connectivity index (χ4v) is 3.29. The summed E-state index contributed by atoms with van der Waals surface area (Å²) in [5, 5.41) is 7.03. The molecule has 3 heterocycles. The Labute approximate surface area is 135 Å². The lowest BCUT2D eigenvalue weighted by Gasteiger charge is -2.16. The Balaban J connectivity index is 1.35. The van der Waals surface area contributed by atoms with Gasteiger partial charge in [-0.1, -0.05) is 12.1 Å². The number of aromatic nitrogens is 2. The summed E-state index contributed by atoms with van der Waals surface area (Å²) in [5.41, 5.74) is 1.61. The summed E-state index contributed by atoms with van der Waals surface area (Å²) in [5.74, 6) is 1.62. The maximum atomic E-state index is 12.4. The van der Waals surface area contributed by atoms with Crippen molar-refractivity contribution in [2.75, 3.05) is 13.1 Å². The van der Waals surface area contributed by atoms with Crippen LogP contribution in [0.1, 0.15) is 47.6 Å². The molecule has 1 amide bonds. The lowest BCUT2D eigenvalue weighted by atomic mass is 10.1. The molecule has 122 valence electrons. The van der Waals surface area contributed by atoms with Crippen LogP contribution in [0.2, 0.25) is 0 Å². The molecule has 2 aromatic heterocycles. The Bertz CT molecular complexity index is 675. The van der Waals surface area contributed by atoms with Crippen LogP contribution in [0, 0.1) is 5.92 Å². The minimum atomic E-state index is -0.126. The smallest absolute Gasteiger partial charge is 0.273 e. The van der Waals surface area contributed by atoms with Gasteiger partial charge in [-0.25, -0.2) is 0 Å². The van der Waals surface area contributed by atoms with Crippen molar-refractivity contribution in [3.05, 3.63) is 41.5 Å². The van der Waals surface area contributed by atoms with Gasteiger partial charge in [0.1, 0.15) is 5.76 Å². The highest BCUT2D eigenvalue weighted by Gasteiger charge is 2.33. The van der Waals surface area contributed by atoms with Crippen molar-refractivity contribution >= 4 is 5.91 Å². The van der Waals surface area contributed by atoms with E-state index in [1.165, 1.54) is 5.69 Å². The highest BCUT2D eigenvalue weighted by Crippen LogP contribution is 2.40. The Morgan fingerprint density at radius 3 is 3.09 bits per heavy atom. The minimum Gasteiger partial charge on any atom is -0.364 e. The molecular formula is C17H22N4O2. The predicted octanol–water partition coefficient (Wildman–Crippen LogP) is 2.13. The van der Waals surface area contributed by atoms with Crippen LogP contribution in [0.3, 0.4) is 0 Å². The molecule has 2 aromatic rings. The quantitative estimate of drug-likeness (QED) is 0.886. The maximum Gasteiger partial charge on any atom is 0.273 e. The van der Waals surface area contributed by atoms with Crippen molar-refractivity contribution in [1.29, 1.82) is 0 Å². The largest absolute Gasteiger partial charge is 0.364 e. The molecule has 0 radical (unpaired) electrons. The summed E-state index contributed by atoms with van der Waals surface area (Å²) in [7, 11) is 0. The summed E-state index contributed by atoms with van der Waals surface area (Å²) in [6.45, 7) is 4.91. The fraction of sp³-hybridized carbons (Fsp3) is 0.529. The van der Waals surface area contributed by atoms with Crippen LogP contribution in [-0.4, -0.2) is 40.1 Å². The zero-order valence-corrected chi connectivity index (χ0v) is 13.3. The van der Waals surface area contributed by atoms with Crippen LogP contribution in [0.15, 0.2) is 28.9 Å². The maximum absolute atomic E-state index is 12.4. The van der Waals surface area contributed by atoms with Gasteiger partial charge in [-0.3, -0.25) is 9.69 Å². The van der Waals surface area contributed by atoms with Crippen LogP contribution in [0.4, 0.5) is 0 Å². The predicted molar refractivity (Wildman–Crippen MR) is 85.0 cm³/mol. The van der Waals surface area contributed by atoms with E-state index >= 15 is 0 Å². The molecule has 2 fully saturated rings. The van der Waals surface area contributed by atoms with E-state index in [-0.39, 0.29) is 11.9 Å². The fourth-order valence-electron chi connectivity index (χ4n) is 3.29. The molecule has 1 aliphatic heterocycles. The molecule has 0 bridgehead atoms. The molecule has 1 saturated carbocycles. The number of rotatable bonds is 5. The summed E-state index contributed by atoms with van der Waals surface area (Å²) in [6, 6.07) is 6.05. The molecule has 4 rings (SSSR count). The highest BCUT2D eigenvalue weighted by atomic mass is 16.5. The molecule has 0 unspecified atom stereocenters. The van der Waals surface area contributed by atoms with E-state index in [4.69, 9.17) is 4.52 Å². The lowest BCUT2D eigenvalue weighted by Crippen LogP contribution is -2.40. The van der Waals surface area contributed by atoms with E-state index in [1.54, 1.807) is 6.07 Å². The number of likely N-dealkylation sites (tertiary alicyclic amines) is 1. The van der Waals surface area contributed by atoms with Crippen molar-refractivity contribution in [2.24, 2.45) is 5.92 Å². The number of amides is 1. The number of carbonyl (C=O) groups is 1. The molecule has 2 atom stereocenters. The van der Waals surface area contributed by atoms with Gasteiger partial charge in [0.05, 0.1) is 0 Å². The normalized spacial score (nSPS) is 24.9. The second-order valence-corrected chi connectivity index (χ2v) is 6.84. The van der Waals surface area contributed by atoms with E-state index in [0.717, 1.165) is 38.2 Å². The van der Waals surface area contributed by atoms with Gasteiger partial charge in [0.2, 0.25) is 0 Å². The number of nitrogens with one attached hydrogen (secondary N) is 2. The van der Waals surface area contributed by atoms with Crippen molar-refractivity contribution in [3.63, 3.8) is 0 Å². The standard InChI is InChI=1S/C17H22N4O2/c1-11-8-21(9-13-3-2-6-18-13)10-15(11)19-17(22)14-7-16(23-20-14)12-4-5-12/h2-3,6-7,11-12,15,18H,4-5,8-10H2,1H3,(H,19,22)/t11-,15+/m0/s1. The third-order valence-corrected chi connectivity index (χ3v) is 4.80. The van der Waals surface area contributed by atoms with Gasteiger partial charge in [0, 0.05) is 49.6 Å². The Hall–Kier alpha value is -2.08. The van der Waals surface area contributed by atoms with Gasteiger partial charge >= 0.3 is 0 Å². The van der Waals surface area contributed by atoms with E-state index in [9.17, 15) is 4.79 Å². The first-order valence-corrected chi connectivity index (χ1v) is 8.31. The van der Waals surface area contributed by atoms with Crippen molar-refractivity contribution < 1.29 is 9.32 Å². The first-order valence-electron chi connectivity index (χ1n) is 8.31. The molecule has 1 aliphatic carbocycles. The number of H-pyrrole nitrogens is 1. The van der Waals surface area contributed by atoms with Gasteiger partial charge in [0.15, 0.2) is 5.69 Å². The van der Waals surface area contributed by atoms with E-state index in [0.29, 0.717) is 17.5 Å². The molecule has 0 aromatic carbocycles. The Kier molecular flexibility index (Phi) is 3.69. The van der Waals surface area contributed by atoms with E-state index in [2.05, 4.69) is 33.3 Å². The first kappa shape index (κ1) is 14.5. The SMILES string of the molecule is C[C@H]1CN(Cc2ccc[nH]2)C[C@H]1NC(=O)c1cc(C2CC2)on1. The van der Waals surface area contributed by atoms with E-state index in [1.807, 2.05) is 12.3 Å². The number of hydrogen-bond donors (Lipinski definition) is 2. The monoisotopic (exact) mass is 314 g/mol.